The zero-order chi connectivity index (χ0) is 17.8. The van der Waals surface area contributed by atoms with E-state index in [9.17, 15) is 4.79 Å². The summed E-state index contributed by atoms with van der Waals surface area (Å²) < 4.78 is 2.45. The lowest BCUT2D eigenvalue weighted by atomic mass is 10.2. The van der Waals surface area contributed by atoms with Crippen LogP contribution in [0.15, 0.2) is 48.8 Å². The predicted octanol–water partition coefficient (Wildman–Crippen LogP) is 4.96. The molecule has 0 N–H and O–H groups in total. The molecule has 7 heteroatoms. The van der Waals surface area contributed by atoms with Gasteiger partial charge in [-0.05, 0) is 30.7 Å². The van der Waals surface area contributed by atoms with E-state index < -0.39 is 0 Å². The van der Waals surface area contributed by atoms with E-state index in [2.05, 4.69) is 5.10 Å². The van der Waals surface area contributed by atoms with E-state index in [-0.39, 0.29) is 5.91 Å². The summed E-state index contributed by atoms with van der Waals surface area (Å²) in [5, 5.41) is 4.98. The average molecular weight is 394 g/mol. The molecule has 0 radical (unpaired) electrons. The number of benzene rings is 1. The van der Waals surface area contributed by atoms with Crippen LogP contribution in [0.2, 0.25) is 9.36 Å². The normalized spacial score (nSPS) is 10.8. The minimum absolute atomic E-state index is 0.0440. The molecule has 0 bridgehead atoms. The summed E-state index contributed by atoms with van der Waals surface area (Å²) in [6.07, 6.45) is 3.36. The molecule has 1 amide bonds. The molecule has 0 aliphatic heterocycles. The molecule has 2 heterocycles. The van der Waals surface area contributed by atoms with Crippen molar-refractivity contribution in [1.29, 1.82) is 0 Å². The Morgan fingerprint density at radius 1 is 1.24 bits per heavy atom. The first-order valence-corrected chi connectivity index (χ1v) is 9.43. The van der Waals surface area contributed by atoms with Gasteiger partial charge in [0, 0.05) is 22.6 Å². The van der Waals surface area contributed by atoms with Crippen molar-refractivity contribution in [1.82, 2.24) is 14.7 Å². The SMILES string of the molecule is CCN(Cc1ccc(Cl)s1)C(=O)c1cnn(Cc2ccccc2Cl)c1. The van der Waals surface area contributed by atoms with Gasteiger partial charge in [-0.15, -0.1) is 11.3 Å². The van der Waals surface area contributed by atoms with Crippen LogP contribution in [-0.2, 0) is 13.1 Å². The third kappa shape index (κ3) is 4.42. The van der Waals surface area contributed by atoms with Crippen molar-refractivity contribution in [3.63, 3.8) is 0 Å². The topological polar surface area (TPSA) is 38.1 Å². The molecule has 0 unspecified atom stereocenters. The molecule has 0 aliphatic carbocycles. The highest BCUT2D eigenvalue weighted by atomic mass is 35.5. The monoisotopic (exact) mass is 393 g/mol. The molecule has 2 aromatic heterocycles. The Morgan fingerprint density at radius 3 is 2.72 bits per heavy atom. The van der Waals surface area contributed by atoms with E-state index >= 15 is 0 Å². The summed E-state index contributed by atoms with van der Waals surface area (Å²) in [5.74, 6) is -0.0440. The van der Waals surface area contributed by atoms with Gasteiger partial charge in [-0.25, -0.2) is 0 Å². The fourth-order valence-corrected chi connectivity index (χ4v) is 3.80. The molecule has 25 heavy (non-hydrogen) atoms. The number of halogens is 2. The zero-order valence-corrected chi connectivity index (χ0v) is 16.0. The van der Waals surface area contributed by atoms with Gasteiger partial charge >= 0.3 is 0 Å². The van der Waals surface area contributed by atoms with Gasteiger partial charge in [0.15, 0.2) is 0 Å². The van der Waals surface area contributed by atoms with Crippen molar-refractivity contribution in [2.45, 2.75) is 20.0 Å². The van der Waals surface area contributed by atoms with Gasteiger partial charge in [0.1, 0.15) is 0 Å². The van der Waals surface area contributed by atoms with Crippen LogP contribution in [0.4, 0.5) is 0 Å². The van der Waals surface area contributed by atoms with Gasteiger partial charge in [0.25, 0.3) is 5.91 Å². The largest absolute Gasteiger partial charge is 0.334 e. The fourth-order valence-electron chi connectivity index (χ4n) is 2.50. The van der Waals surface area contributed by atoms with E-state index in [4.69, 9.17) is 23.2 Å². The average Bonchev–Trinajstić information content (AvgIpc) is 3.23. The number of hydrogen-bond acceptors (Lipinski definition) is 3. The van der Waals surface area contributed by atoms with Crippen molar-refractivity contribution in [2.24, 2.45) is 0 Å². The van der Waals surface area contributed by atoms with Crippen LogP contribution in [0.25, 0.3) is 0 Å². The molecule has 130 valence electrons. The first-order chi connectivity index (χ1) is 12.1. The van der Waals surface area contributed by atoms with Crippen molar-refractivity contribution in [2.75, 3.05) is 6.54 Å². The molecule has 4 nitrogen and oxygen atoms in total. The van der Waals surface area contributed by atoms with E-state index in [1.807, 2.05) is 43.3 Å². The number of thiophene rings is 1. The molecular weight excluding hydrogens is 377 g/mol. The van der Waals surface area contributed by atoms with Crippen LogP contribution in [0.1, 0.15) is 27.7 Å². The van der Waals surface area contributed by atoms with Gasteiger partial charge in [-0.2, -0.15) is 5.10 Å². The molecule has 3 aromatic rings. The zero-order valence-electron chi connectivity index (χ0n) is 13.7. The van der Waals surface area contributed by atoms with Crippen molar-refractivity contribution in [3.8, 4) is 0 Å². The number of aromatic nitrogens is 2. The third-order valence-corrected chi connectivity index (χ3v) is 5.40. The Hall–Kier alpha value is -1.82. The number of rotatable bonds is 6. The molecule has 0 aliphatic rings. The Kier molecular flexibility index (Phi) is 5.78. The van der Waals surface area contributed by atoms with Gasteiger partial charge in [-0.3, -0.25) is 9.48 Å². The fraction of sp³-hybridized carbons (Fsp3) is 0.222. The van der Waals surface area contributed by atoms with E-state index in [1.165, 1.54) is 11.3 Å². The maximum atomic E-state index is 12.7. The van der Waals surface area contributed by atoms with Crippen LogP contribution in [0.3, 0.4) is 0 Å². The van der Waals surface area contributed by atoms with E-state index in [1.54, 1.807) is 22.0 Å². The maximum Gasteiger partial charge on any atom is 0.257 e. The lowest BCUT2D eigenvalue weighted by Crippen LogP contribution is -2.29. The molecule has 0 saturated heterocycles. The molecule has 0 fully saturated rings. The summed E-state index contributed by atoms with van der Waals surface area (Å²) in [7, 11) is 0. The minimum Gasteiger partial charge on any atom is -0.334 e. The highest BCUT2D eigenvalue weighted by Crippen LogP contribution is 2.23. The van der Waals surface area contributed by atoms with Crippen molar-refractivity contribution >= 4 is 40.4 Å². The smallest absolute Gasteiger partial charge is 0.257 e. The molecular formula is C18H17Cl2N3OS. The van der Waals surface area contributed by atoms with Crippen LogP contribution in [0, 0.1) is 0 Å². The standard InChI is InChI=1S/C18H17Cl2N3OS/c1-2-22(12-15-7-8-17(20)25-15)18(24)14-9-21-23(11-14)10-13-5-3-4-6-16(13)19/h3-9,11H,2,10,12H2,1H3. The lowest BCUT2D eigenvalue weighted by molar-refractivity contribution is 0.0754. The van der Waals surface area contributed by atoms with Crippen LogP contribution >= 0.6 is 34.5 Å². The Bertz CT molecular complexity index is 875. The van der Waals surface area contributed by atoms with Crippen molar-refractivity contribution in [3.05, 3.63) is 74.2 Å². The Balaban J connectivity index is 1.71. The summed E-state index contributed by atoms with van der Waals surface area (Å²) in [4.78, 5) is 15.6. The second-order valence-electron chi connectivity index (χ2n) is 5.54. The molecule has 3 rings (SSSR count). The summed E-state index contributed by atoms with van der Waals surface area (Å²) in [5.41, 5.74) is 1.53. The maximum absolute atomic E-state index is 12.7. The number of carbonyl (C=O) groups is 1. The van der Waals surface area contributed by atoms with Gasteiger partial charge in [0.2, 0.25) is 0 Å². The van der Waals surface area contributed by atoms with Gasteiger partial charge in [0.05, 0.1) is 29.2 Å². The summed E-state index contributed by atoms with van der Waals surface area (Å²) in [6, 6.07) is 11.4. The van der Waals surface area contributed by atoms with E-state index in [0.717, 1.165) is 14.8 Å². The second-order valence-corrected chi connectivity index (χ2v) is 7.75. The first-order valence-electron chi connectivity index (χ1n) is 7.86. The Labute approximate surface area is 160 Å². The van der Waals surface area contributed by atoms with Crippen LogP contribution < -0.4 is 0 Å². The van der Waals surface area contributed by atoms with Crippen molar-refractivity contribution < 1.29 is 4.79 Å². The molecule has 0 saturated carbocycles. The summed E-state index contributed by atoms with van der Waals surface area (Å²) >= 11 is 13.6. The lowest BCUT2D eigenvalue weighted by Gasteiger charge is -2.19. The molecule has 1 aromatic carbocycles. The van der Waals surface area contributed by atoms with E-state index in [0.29, 0.717) is 30.2 Å². The minimum atomic E-state index is -0.0440. The molecule has 0 spiro atoms. The number of carbonyl (C=O) groups excluding carboxylic acids is 1. The van der Waals surface area contributed by atoms with Crippen LogP contribution in [0.5, 0.6) is 0 Å². The first kappa shape index (κ1) is 18.0. The third-order valence-electron chi connectivity index (χ3n) is 3.81. The molecule has 0 atom stereocenters. The highest BCUT2D eigenvalue weighted by molar-refractivity contribution is 7.16. The van der Waals surface area contributed by atoms with Gasteiger partial charge < -0.3 is 4.90 Å². The second kappa shape index (κ2) is 8.04. The Morgan fingerprint density at radius 2 is 2.04 bits per heavy atom. The quantitative estimate of drug-likeness (QED) is 0.593. The highest BCUT2D eigenvalue weighted by Gasteiger charge is 2.17. The van der Waals surface area contributed by atoms with Gasteiger partial charge in [-0.1, -0.05) is 41.4 Å². The predicted molar refractivity (Wildman–Crippen MR) is 103 cm³/mol. The van der Waals surface area contributed by atoms with Crippen LogP contribution in [-0.4, -0.2) is 27.1 Å². The number of hydrogen-bond donors (Lipinski definition) is 0. The summed E-state index contributed by atoms with van der Waals surface area (Å²) in [6.45, 7) is 3.65. The number of amides is 1. The number of nitrogens with zero attached hydrogens (tertiary/aromatic N) is 3.